The van der Waals surface area contributed by atoms with Gasteiger partial charge in [0.1, 0.15) is 5.75 Å². The van der Waals surface area contributed by atoms with E-state index in [9.17, 15) is 9.59 Å². The first-order chi connectivity index (χ1) is 12.8. The third-order valence-corrected chi connectivity index (χ3v) is 3.88. The van der Waals surface area contributed by atoms with Crippen LogP contribution in [-0.2, 0) is 16.1 Å². The molecule has 0 aliphatic carbocycles. The van der Waals surface area contributed by atoms with Crippen molar-refractivity contribution in [2.45, 2.75) is 27.3 Å². The summed E-state index contributed by atoms with van der Waals surface area (Å²) in [5, 5.41) is 8.80. The van der Waals surface area contributed by atoms with Gasteiger partial charge in [-0.1, -0.05) is 39.0 Å². The molecule has 3 N–H and O–H groups in total. The van der Waals surface area contributed by atoms with Gasteiger partial charge in [0.2, 0.25) is 11.8 Å². The van der Waals surface area contributed by atoms with Crippen LogP contribution in [0.3, 0.4) is 0 Å². The molecular weight excluding hydrogens is 342 g/mol. The van der Waals surface area contributed by atoms with Crippen molar-refractivity contribution in [1.29, 1.82) is 0 Å². The van der Waals surface area contributed by atoms with Crippen LogP contribution in [0.1, 0.15) is 26.3 Å². The molecule has 0 heterocycles. The van der Waals surface area contributed by atoms with Crippen LogP contribution in [0, 0.1) is 5.41 Å². The lowest BCUT2D eigenvalue weighted by molar-refractivity contribution is -0.123. The highest BCUT2D eigenvalue weighted by Gasteiger charge is 2.21. The van der Waals surface area contributed by atoms with E-state index in [1.807, 2.05) is 63.2 Å². The van der Waals surface area contributed by atoms with E-state index in [2.05, 4.69) is 16.0 Å². The number of anilines is 2. The molecule has 0 aliphatic heterocycles. The highest BCUT2D eigenvalue weighted by molar-refractivity contribution is 5.95. The zero-order valence-electron chi connectivity index (χ0n) is 16.3. The van der Waals surface area contributed by atoms with Gasteiger partial charge >= 0.3 is 0 Å². The van der Waals surface area contributed by atoms with Crippen molar-refractivity contribution in [3.63, 3.8) is 0 Å². The molecule has 0 spiro atoms. The number of carbonyl (C=O) groups excluding carboxylic acids is 2. The van der Waals surface area contributed by atoms with E-state index in [4.69, 9.17) is 4.74 Å². The van der Waals surface area contributed by atoms with Gasteiger partial charge < -0.3 is 20.7 Å². The van der Waals surface area contributed by atoms with Crippen LogP contribution >= 0.6 is 0 Å². The quantitative estimate of drug-likeness (QED) is 0.699. The van der Waals surface area contributed by atoms with Crippen LogP contribution in [0.2, 0.25) is 0 Å². The van der Waals surface area contributed by atoms with Crippen molar-refractivity contribution in [1.82, 2.24) is 5.32 Å². The topological polar surface area (TPSA) is 79.5 Å². The molecule has 0 radical (unpaired) electrons. The molecule has 6 nitrogen and oxygen atoms in total. The third kappa shape index (κ3) is 6.66. The molecule has 0 unspecified atom stereocenters. The van der Waals surface area contributed by atoms with E-state index in [0.717, 1.165) is 17.0 Å². The van der Waals surface area contributed by atoms with Crippen LogP contribution < -0.4 is 20.7 Å². The van der Waals surface area contributed by atoms with E-state index in [-0.39, 0.29) is 18.4 Å². The van der Waals surface area contributed by atoms with Crippen LogP contribution in [0.25, 0.3) is 0 Å². The number of amides is 2. The average Bonchev–Trinajstić information content (AvgIpc) is 2.64. The summed E-state index contributed by atoms with van der Waals surface area (Å²) in [6.45, 7) is 6.14. The molecule has 0 aliphatic rings. The second-order valence-corrected chi connectivity index (χ2v) is 7.27. The molecule has 0 saturated heterocycles. The number of carbonyl (C=O) groups is 2. The van der Waals surface area contributed by atoms with Gasteiger partial charge in [-0.2, -0.15) is 0 Å². The molecule has 2 rings (SSSR count). The Balaban J connectivity index is 1.84. The number of ether oxygens (including phenoxy) is 1. The van der Waals surface area contributed by atoms with Gasteiger partial charge in [-0.25, -0.2) is 0 Å². The predicted octanol–water partition coefficient (Wildman–Crippen LogP) is 3.41. The predicted molar refractivity (Wildman–Crippen MR) is 108 cm³/mol. The smallest absolute Gasteiger partial charge is 0.239 e. The molecule has 2 amide bonds. The van der Waals surface area contributed by atoms with Gasteiger partial charge in [0.05, 0.1) is 13.7 Å². The first kappa shape index (κ1) is 20.3. The molecule has 144 valence electrons. The van der Waals surface area contributed by atoms with Crippen LogP contribution in [0.4, 0.5) is 11.4 Å². The molecule has 0 aromatic heterocycles. The second kappa shape index (κ2) is 9.07. The largest absolute Gasteiger partial charge is 0.497 e. The number of hydrogen-bond donors (Lipinski definition) is 3. The zero-order valence-corrected chi connectivity index (χ0v) is 16.3. The fourth-order valence-corrected chi connectivity index (χ4v) is 2.25. The Morgan fingerprint density at radius 3 is 2.41 bits per heavy atom. The summed E-state index contributed by atoms with van der Waals surface area (Å²) in [7, 11) is 1.61. The Morgan fingerprint density at radius 1 is 1.00 bits per heavy atom. The third-order valence-electron chi connectivity index (χ3n) is 3.88. The Kier molecular flexibility index (Phi) is 6.82. The minimum Gasteiger partial charge on any atom is -0.497 e. The molecule has 6 heteroatoms. The average molecular weight is 369 g/mol. The van der Waals surface area contributed by atoms with E-state index < -0.39 is 5.41 Å². The van der Waals surface area contributed by atoms with Gasteiger partial charge in [-0.05, 0) is 35.9 Å². The van der Waals surface area contributed by atoms with Crippen molar-refractivity contribution in [3.8, 4) is 5.75 Å². The molecule has 2 aromatic rings. The minimum absolute atomic E-state index is 0.0596. The Morgan fingerprint density at radius 2 is 1.70 bits per heavy atom. The standard InChI is InChI=1S/C21H27N3O3/c1-21(2,3)20(26)24-17-9-6-8-16(12-17)22-14-19(25)23-13-15-7-5-10-18(11-15)27-4/h5-12,22H,13-14H2,1-4H3,(H,23,25)(H,24,26). The fraction of sp³-hybridized carbons (Fsp3) is 0.333. The maximum Gasteiger partial charge on any atom is 0.239 e. The molecule has 0 saturated carbocycles. The molecule has 27 heavy (non-hydrogen) atoms. The summed E-state index contributed by atoms with van der Waals surface area (Å²) in [5.74, 6) is 0.576. The normalized spacial score (nSPS) is 10.8. The summed E-state index contributed by atoms with van der Waals surface area (Å²) in [4.78, 5) is 24.1. The number of rotatable bonds is 7. The van der Waals surface area contributed by atoms with E-state index in [1.54, 1.807) is 13.2 Å². The maximum atomic E-state index is 12.1. The number of hydrogen-bond acceptors (Lipinski definition) is 4. The summed E-state index contributed by atoms with van der Waals surface area (Å²) >= 11 is 0. The summed E-state index contributed by atoms with van der Waals surface area (Å²) in [6, 6.07) is 14.9. The Bertz CT molecular complexity index is 797. The van der Waals surface area contributed by atoms with E-state index in [1.165, 1.54) is 0 Å². The van der Waals surface area contributed by atoms with Crippen molar-refractivity contribution >= 4 is 23.2 Å². The molecule has 0 fully saturated rings. The highest BCUT2D eigenvalue weighted by Crippen LogP contribution is 2.20. The SMILES string of the molecule is COc1cccc(CNC(=O)CNc2cccc(NC(=O)C(C)(C)C)c2)c1. The second-order valence-electron chi connectivity index (χ2n) is 7.27. The molecular formula is C21H27N3O3. The van der Waals surface area contributed by atoms with Gasteiger partial charge in [0.15, 0.2) is 0 Å². The number of nitrogens with one attached hydrogen (secondary N) is 3. The van der Waals surface area contributed by atoms with Crippen molar-refractivity contribution in [3.05, 3.63) is 54.1 Å². The fourth-order valence-electron chi connectivity index (χ4n) is 2.25. The summed E-state index contributed by atoms with van der Waals surface area (Å²) in [6.07, 6.45) is 0. The van der Waals surface area contributed by atoms with Crippen LogP contribution in [0.5, 0.6) is 5.75 Å². The van der Waals surface area contributed by atoms with Gasteiger partial charge in [0.25, 0.3) is 0 Å². The first-order valence-electron chi connectivity index (χ1n) is 8.83. The van der Waals surface area contributed by atoms with Crippen LogP contribution in [-0.4, -0.2) is 25.5 Å². The lowest BCUT2D eigenvalue weighted by Gasteiger charge is -2.18. The van der Waals surface area contributed by atoms with E-state index in [0.29, 0.717) is 12.2 Å². The monoisotopic (exact) mass is 369 g/mol. The lowest BCUT2D eigenvalue weighted by Crippen LogP contribution is -2.29. The Hall–Kier alpha value is -3.02. The summed E-state index contributed by atoms with van der Waals surface area (Å²) < 4.78 is 5.17. The summed E-state index contributed by atoms with van der Waals surface area (Å²) in [5.41, 5.74) is 1.95. The van der Waals surface area contributed by atoms with Gasteiger partial charge in [0, 0.05) is 23.3 Å². The Labute approximate surface area is 160 Å². The first-order valence-corrected chi connectivity index (χ1v) is 8.83. The van der Waals surface area contributed by atoms with Crippen LogP contribution in [0.15, 0.2) is 48.5 Å². The molecule has 2 aromatic carbocycles. The van der Waals surface area contributed by atoms with Gasteiger partial charge in [-0.3, -0.25) is 9.59 Å². The lowest BCUT2D eigenvalue weighted by atomic mass is 9.95. The molecule has 0 bridgehead atoms. The van der Waals surface area contributed by atoms with Gasteiger partial charge in [-0.15, -0.1) is 0 Å². The van der Waals surface area contributed by atoms with Crippen molar-refractivity contribution in [2.75, 3.05) is 24.3 Å². The maximum absolute atomic E-state index is 12.1. The van der Waals surface area contributed by atoms with Crippen molar-refractivity contribution < 1.29 is 14.3 Å². The number of benzene rings is 2. The zero-order chi connectivity index (χ0) is 19.9. The number of methoxy groups -OCH3 is 1. The minimum atomic E-state index is -0.469. The molecule has 0 atom stereocenters. The van der Waals surface area contributed by atoms with Crippen molar-refractivity contribution in [2.24, 2.45) is 5.41 Å². The highest BCUT2D eigenvalue weighted by atomic mass is 16.5. The van der Waals surface area contributed by atoms with E-state index >= 15 is 0 Å².